The van der Waals surface area contributed by atoms with Crippen LogP contribution in [0.4, 0.5) is 0 Å². The molecule has 1 unspecified atom stereocenters. The molecule has 1 fully saturated rings. The summed E-state index contributed by atoms with van der Waals surface area (Å²) in [5, 5.41) is 11.6. The summed E-state index contributed by atoms with van der Waals surface area (Å²) in [7, 11) is -2.65. The summed E-state index contributed by atoms with van der Waals surface area (Å²) in [5.41, 5.74) is 0. The largest absolute Gasteiger partial charge is 0.314 e. The fraction of sp³-hybridized carbons (Fsp3) is 0.360. The average Bonchev–Trinajstić information content (AvgIpc) is 3.33. The molecule has 0 radical (unpaired) electrons. The molecule has 3 nitrogen and oxygen atoms in total. The van der Waals surface area contributed by atoms with Gasteiger partial charge in [-0.1, -0.05) is 79.6 Å². The van der Waals surface area contributed by atoms with Gasteiger partial charge in [0, 0.05) is 46.8 Å². The Labute approximate surface area is 184 Å². The highest BCUT2D eigenvalue weighted by molar-refractivity contribution is 7.78. The second kappa shape index (κ2) is 10.5. The van der Waals surface area contributed by atoms with Gasteiger partial charge in [-0.2, -0.15) is 0 Å². The number of rotatable bonds is 9. The molecule has 5 heteroatoms. The van der Waals surface area contributed by atoms with Crippen LogP contribution in [0.1, 0.15) is 30.6 Å². The molecule has 158 valence electrons. The van der Waals surface area contributed by atoms with E-state index in [2.05, 4.69) is 28.1 Å². The third-order valence-corrected chi connectivity index (χ3v) is 10.1. The zero-order chi connectivity index (χ0) is 20.7. The summed E-state index contributed by atoms with van der Waals surface area (Å²) >= 11 is 1.81. The third kappa shape index (κ3) is 5.31. The lowest BCUT2D eigenvalue weighted by Gasteiger charge is -2.33. The molecule has 1 heterocycles. The van der Waals surface area contributed by atoms with Crippen molar-refractivity contribution in [1.82, 2.24) is 10.6 Å². The molecule has 2 N–H and O–H groups in total. The Morgan fingerprint density at radius 2 is 1.40 bits per heavy atom. The predicted octanol–water partition coefficient (Wildman–Crippen LogP) is 4.75. The number of benzene rings is 2. The maximum Gasteiger partial charge on any atom is 0.144 e. The van der Waals surface area contributed by atoms with E-state index in [1.54, 1.807) is 0 Å². The first kappa shape index (κ1) is 21.5. The zero-order valence-electron chi connectivity index (χ0n) is 17.4. The summed E-state index contributed by atoms with van der Waals surface area (Å²) < 4.78 is 14.2. The molecular weight excluding hydrogens is 407 g/mol. The van der Waals surface area contributed by atoms with Gasteiger partial charge in [0.15, 0.2) is 0 Å². The van der Waals surface area contributed by atoms with Gasteiger partial charge >= 0.3 is 0 Å². The quantitative estimate of drug-likeness (QED) is 0.474. The number of nitrogens with one attached hydrogen (secondary N) is 2. The van der Waals surface area contributed by atoms with Crippen LogP contribution in [0.2, 0.25) is 0 Å². The molecule has 1 aliphatic rings. The molecule has 0 aliphatic heterocycles. The van der Waals surface area contributed by atoms with E-state index in [4.69, 9.17) is 0 Å². The predicted molar refractivity (Wildman–Crippen MR) is 130 cm³/mol. The van der Waals surface area contributed by atoms with Gasteiger partial charge in [0.2, 0.25) is 0 Å². The van der Waals surface area contributed by atoms with Crippen molar-refractivity contribution in [2.75, 3.05) is 12.7 Å². The summed E-state index contributed by atoms with van der Waals surface area (Å²) in [6.07, 6.45) is 5.59. The van der Waals surface area contributed by atoms with Gasteiger partial charge < -0.3 is 15.2 Å². The molecular formula is C25H31N2OPS. The summed E-state index contributed by atoms with van der Waals surface area (Å²) in [4.78, 5) is 1.39. The van der Waals surface area contributed by atoms with Crippen LogP contribution in [0, 0.1) is 0 Å². The fourth-order valence-corrected chi connectivity index (χ4v) is 7.64. The first-order valence-corrected chi connectivity index (χ1v) is 13.7. The zero-order valence-corrected chi connectivity index (χ0v) is 19.1. The summed E-state index contributed by atoms with van der Waals surface area (Å²) in [6, 6.07) is 25.2. The van der Waals surface area contributed by atoms with Crippen LogP contribution in [0.5, 0.6) is 0 Å². The van der Waals surface area contributed by atoms with E-state index < -0.39 is 7.14 Å². The van der Waals surface area contributed by atoms with Crippen molar-refractivity contribution in [2.24, 2.45) is 0 Å². The second-order valence-corrected chi connectivity index (χ2v) is 12.0. The SMILES string of the molecule is O=P(CCN[C@@H]1CCCCC1NCc1cccs1)(c1ccccc1)c1ccccc1. The molecule has 4 rings (SSSR count). The Bertz CT molecular complexity index is 887. The molecule has 2 atom stereocenters. The van der Waals surface area contributed by atoms with E-state index in [1.807, 2.05) is 72.0 Å². The molecule has 1 aliphatic carbocycles. The topological polar surface area (TPSA) is 41.1 Å². The van der Waals surface area contributed by atoms with E-state index in [0.717, 1.165) is 23.7 Å². The van der Waals surface area contributed by atoms with E-state index >= 15 is 0 Å². The molecule has 0 bridgehead atoms. The Kier molecular flexibility index (Phi) is 7.57. The van der Waals surface area contributed by atoms with Crippen LogP contribution in [0.3, 0.4) is 0 Å². The van der Waals surface area contributed by atoms with E-state index in [1.165, 1.54) is 30.6 Å². The normalized spacial score (nSPS) is 19.6. The summed E-state index contributed by atoms with van der Waals surface area (Å²) in [5.74, 6) is 0. The van der Waals surface area contributed by atoms with Crippen molar-refractivity contribution in [1.29, 1.82) is 0 Å². The van der Waals surface area contributed by atoms with E-state index in [9.17, 15) is 4.57 Å². The molecule has 3 aromatic rings. The van der Waals surface area contributed by atoms with E-state index in [-0.39, 0.29) is 0 Å². The molecule has 1 saturated carbocycles. The minimum absolute atomic E-state index is 0.443. The molecule has 0 spiro atoms. The van der Waals surface area contributed by atoms with Gasteiger partial charge in [-0.05, 0) is 24.3 Å². The number of thiophene rings is 1. The van der Waals surface area contributed by atoms with Crippen LogP contribution >= 0.6 is 18.5 Å². The molecule has 2 aromatic carbocycles. The van der Waals surface area contributed by atoms with Crippen molar-refractivity contribution in [2.45, 2.75) is 44.3 Å². The minimum Gasteiger partial charge on any atom is -0.314 e. The van der Waals surface area contributed by atoms with E-state index in [0.29, 0.717) is 18.2 Å². The maximum absolute atomic E-state index is 14.2. The standard InChI is InChI=1S/C25H31N2OPS/c28-29(21-10-3-1-4-11-21,22-12-5-2-6-13-22)18-17-26-24-15-7-8-16-25(24)27-20-23-14-9-19-30-23/h1-6,9-14,19,24-27H,7-8,15-18,20H2/t24-,25?/m1/s1. The molecule has 1 aromatic heterocycles. The van der Waals surface area contributed by atoms with Gasteiger partial charge in [-0.3, -0.25) is 0 Å². The number of hydrogen-bond acceptors (Lipinski definition) is 4. The monoisotopic (exact) mass is 438 g/mol. The lowest BCUT2D eigenvalue weighted by atomic mass is 9.90. The van der Waals surface area contributed by atoms with Crippen LogP contribution in [-0.4, -0.2) is 24.8 Å². The van der Waals surface area contributed by atoms with Crippen LogP contribution in [0.25, 0.3) is 0 Å². The van der Waals surface area contributed by atoms with Crippen LogP contribution in [-0.2, 0) is 11.1 Å². The van der Waals surface area contributed by atoms with Gasteiger partial charge in [-0.25, -0.2) is 0 Å². The Morgan fingerprint density at radius 3 is 1.97 bits per heavy atom. The highest BCUT2D eigenvalue weighted by Gasteiger charge is 2.29. The van der Waals surface area contributed by atoms with Crippen LogP contribution in [0.15, 0.2) is 78.2 Å². The van der Waals surface area contributed by atoms with Gasteiger partial charge in [-0.15, -0.1) is 11.3 Å². The van der Waals surface area contributed by atoms with Crippen molar-refractivity contribution in [3.63, 3.8) is 0 Å². The van der Waals surface area contributed by atoms with Gasteiger partial charge in [0.25, 0.3) is 0 Å². The van der Waals surface area contributed by atoms with Crippen molar-refractivity contribution >= 4 is 29.1 Å². The van der Waals surface area contributed by atoms with Crippen LogP contribution < -0.4 is 21.2 Å². The number of hydrogen-bond donors (Lipinski definition) is 2. The lowest BCUT2D eigenvalue weighted by Crippen LogP contribution is -2.50. The highest BCUT2D eigenvalue weighted by Crippen LogP contribution is 2.42. The average molecular weight is 439 g/mol. The smallest absolute Gasteiger partial charge is 0.144 e. The summed E-state index contributed by atoms with van der Waals surface area (Å²) in [6.45, 7) is 1.70. The molecule has 0 saturated heterocycles. The lowest BCUT2D eigenvalue weighted by molar-refractivity contribution is 0.287. The molecule has 0 amide bonds. The Morgan fingerprint density at radius 1 is 0.800 bits per heavy atom. The highest BCUT2D eigenvalue weighted by atomic mass is 32.1. The first-order chi connectivity index (χ1) is 14.8. The van der Waals surface area contributed by atoms with Gasteiger partial charge in [0.05, 0.1) is 0 Å². The van der Waals surface area contributed by atoms with Crippen molar-refractivity contribution in [3.8, 4) is 0 Å². The van der Waals surface area contributed by atoms with Gasteiger partial charge in [0.1, 0.15) is 7.14 Å². The minimum atomic E-state index is -2.65. The third-order valence-electron chi connectivity index (χ3n) is 6.06. The second-order valence-electron chi connectivity index (χ2n) is 8.05. The fourth-order valence-electron chi connectivity index (χ4n) is 4.42. The Hall–Kier alpha value is -1.71. The van der Waals surface area contributed by atoms with Crippen molar-refractivity contribution < 1.29 is 4.57 Å². The maximum atomic E-state index is 14.2. The first-order valence-electron chi connectivity index (χ1n) is 11.0. The molecule has 30 heavy (non-hydrogen) atoms. The van der Waals surface area contributed by atoms with Crippen molar-refractivity contribution in [3.05, 3.63) is 83.1 Å². The Balaban J connectivity index is 1.41.